The Morgan fingerprint density at radius 2 is 2.04 bits per heavy atom. The monoisotopic (exact) mass is 386 g/mol. The lowest BCUT2D eigenvalue weighted by atomic mass is 10.4. The van der Waals surface area contributed by atoms with Gasteiger partial charge in [0.2, 0.25) is 11.8 Å². The van der Waals surface area contributed by atoms with E-state index in [1.165, 1.54) is 19.2 Å². The SMILES string of the molecule is COc1cc(C)nc(N/C(=N/S(=O)(=O)c2ccccc2Cl)SC)n1. The molecule has 0 unspecified atom stereocenters. The van der Waals surface area contributed by atoms with Crippen molar-refractivity contribution >= 4 is 44.5 Å². The minimum atomic E-state index is -3.96. The Morgan fingerprint density at radius 3 is 2.67 bits per heavy atom. The number of thioether (sulfide) groups is 1. The van der Waals surface area contributed by atoms with E-state index >= 15 is 0 Å². The normalized spacial score (nSPS) is 12.1. The first kappa shape index (κ1) is 18.5. The van der Waals surface area contributed by atoms with E-state index in [1.807, 2.05) is 0 Å². The summed E-state index contributed by atoms with van der Waals surface area (Å²) in [7, 11) is -2.48. The summed E-state index contributed by atoms with van der Waals surface area (Å²) in [5, 5.41) is 3.00. The lowest BCUT2D eigenvalue weighted by molar-refractivity contribution is 0.397. The van der Waals surface area contributed by atoms with E-state index in [2.05, 4.69) is 19.7 Å². The second-order valence-electron chi connectivity index (χ2n) is 4.51. The zero-order chi connectivity index (χ0) is 17.7. The molecule has 1 aromatic heterocycles. The van der Waals surface area contributed by atoms with Crippen LogP contribution in [-0.4, -0.2) is 36.9 Å². The quantitative estimate of drug-likeness (QED) is 0.637. The fraction of sp³-hybridized carbons (Fsp3) is 0.214. The van der Waals surface area contributed by atoms with Crippen LogP contribution in [-0.2, 0) is 10.0 Å². The number of aryl methyl sites for hydroxylation is 1. The maximum Gasteiger partial charge on any atom is 0.286 e. The van der Waals surface area contributed by atoms with Crippen LogP contribution in [0.2, 0.25) is 5.02 Å². The number of anilines is 1. The number of rotatable bonds is 4. The van der Waals surface area contributed by atoms with E-state index in [0.29, 0.717) is 11.6 Å². The summed E-state index contributed by atoms with van der Waals surface area (Å²) in [4.78, 5) is 8.21. The van der Waals surface area contributed by atoms with Gasteiger partial charge < -0.3 is 10.1 Å². The number of hydrogen-bond donors (Lipinski definition) is 1. The first-order valence-corrected chi connectivity index (χ1v) is 9.70. The van der Waals surface area contributed by atoms with Gasteiger partial charge in [-0.2, -0.15) is 13.4 Å². The van der Waals surface area contributed by atoms with Gasteiger partial charge in [0.25, 0.3) is 10.0 Å². The molecule has 0 bridgehead atoms. The zero-order valence-corrected chi connectivity index (χ0v) is 15.5. The van der Waals surface area contributed by atoms with E-state index in [4.69, 9.17) is 16.3 Å². The number of ether oxygens (including phenoxy) is 1. The fourth-order valence-electron chi connectivity index (χ4n) is 1.72. The molecule has 0 atom stereocenters. The molecule has 10 heteroatoms. The Morgan fingerprint density at radius 1 is 1.33 bits per heavy atom. The number of methoxy groups -OCH3 is 1. The summed E-state index contributed by atoms with van der Waals surface area (Å²) in [5.74, 6) is 0.550. The molecule has 0 aliphatic heterocycles. The summed E-state index contributed by atoms with van der Waals surface area (Å²) in [6.07, 6.45) is 1.68. The number of nitrogens with one attached hydrogen (secondary N) is 1. The number of aromatic nitrogens is 2. The Bertz CT molecular complexity index is 872. The highest BCUT2D eigenvalue weighted by molar-refractivity contribution is 8.14. The molecular formula is C14H15ClN4O3S2. The van der Waals surface area contributed by atoms with Crippen molar-refractivity contribution < 1.29 is 13.2 Å². The summed E-state index contributed by atoms with van der Waals surface area (Å²) < 4.78 is 33.7. The first-order valence-electron chi connectivity index (χ1n) is 6.66. The highest BCUT2D eigenvalue weighted by Crippen LogP contribution is 2.23. The van der Waals surface area contributed by atoms with E-state index < -0.39 is 10.0 Å². The van der Waals surface area contributed by atoms with Gasteiger partial charge in [-0.3, -0.25) is 0 Å². The number of nitrogens with zero attached hydrogens (tertiary/aromatic N) is 3. The molecule has 1 N–H and O–H groups in total. The van der Waals surface area contributed by atoms with Crippen molar-refractivity contribution in [3.63, 3.8) is 0 Å². The summed E-state index contributed by atoms with van der Waals surface area (Å²) in [6.45, 7) is 1.77. The summed E-state index contributed by atoms with van der Waals surface area (Å²) in [6, 6.07) is 7.76. The zero-order valence-electron chi connectivity index (χ0n) is 13.1. The van der Waals surface area contributed by atoms with Crippen LogP contribution in [0.4, 0.5) is 5.95 Å². The van der Waals surface area contributed by atoms with Crippen LogP contribution in [0.5, 0.6) is 5.88 Å². The van der Waals surface area contributed by atoms with Gasteiger partial charge in [-0.05, 0) is 25.3 Å². The third-order valence-electron chi connectivity index (χ3n) is 2.77. The molecule has 0 spiro atoms. The van der Waals surface area contributed by atoms with Crippen LogP contribution in [0.1, 0.15) is 5.69 Å². The minimum absolute atomic E-state index is 0.0669. The number of benzene rings is 1. The van der Waals surface area contributed by atoms with Crippen LogP contribution >= 0.6 is 23.4 Å². The molecule has 0 radical (unpaired) electrons. The number of hydrogen-bond acceptors (Lipinski definition) is 6. The highest BCUT2D eigenvalue weighted by Gasteiger charge is 2.18. The average molecular weight is 387 g/mol. The molecule has 0 aliphatic carbocycles. The predicted octanol–water partition coefficient (Wildman–Crippen LogP) is 2.97. The molecular weight excluding hydrogens is 372 g/mol. The molecule has 0 aliphatic rings. The van der Waals surface area contributed by atoms with Crippen LogP contribution in [0, 0.1) is 6.92 Å². The lowest BCUT2D eigenvalue weighted by Crippen LogP contribution is -2.14. The van der Waals surface area contributed by atoms with E-state index in [0.717, 1.165) is 11.8 Å². The number of sulfonamides is 1. The Hall–Kier alpha value is -1.84. The van der Waals surface area contributed by atoms with Crippen molar-refractivity contribution in [3.05, 3.63) is 41.0 Å². The van der Waals surface area contributed by atoms with Crippen molar-refractivity contribution in [2.75, 3.05) is 18.7 Å². The van der Waals surface area contributed by atoms with Gasteiger partial charge in [0.1, 0.15) is 4.90 Å². The van der Waals surface area contributed by atoms with Gasteiger partial charge in [-0.15, -0.1) is 4.40 Å². The second-order valence-corrected chi connectivity index (χ2v) is 7.28. The van der Waals surface area contributed by atoms with Crippen LogP contribution in [0.15, 0.2) is 39.6 Å². The van der Waals surface area contributed by atoms with Crippen molar-refractivity contribution in [2.24, 2.45) is 4.40 Å². The lowest BCUT2D eigenvalue weighted by Gasteiger charge is -2.09. The maximum atomic E-state index is 12.4. The highest BCUT2D eigenvalue weighted by atomic mass is 35.5. The average Bonchev–Trinajstić information content (AvgIpc) is 2.53. The molecule has 0 fully saturated rings. The molecule has 24 heavy (non-hydrogen) atoms. The van der Waals surface area contributed by atoms with Crippen molar-refractivity contribution in [3.8, 4) is 5.88 Å². The van der Waals surface area contributed by atoms with Gasteiger partial charge >= 0.3 is 0 Å². The second kappa shape index (κ2) is 7.82. The molecule has 0 amide bonds. The van der Waals surface area contributed by atoms with Gasteiger partial charge in [-0.25, -0.2) is 4.98 Å². The maximum absolute atomic E-state index is 12.4. The van der Waals surface area contributed by atoms with E-state index in [-0.39, 0.29) is 21.0 Å². The first-order chi connectivity index (χ1) is 11.4. The number of halogens is 1. The topological polar surface area (TPSA) is 93.5 Å². The molecule has 1 heterocycles. The summed E-state index contributed by atoms with van der Waals surface area (Å²) in [5.41, 5.74) is 0.666. The molecule has 2 rings (SSSR count). The molecule has 2 aromatic rings. The molecule has 1 aromatic carbocycles. The number of amidine groups is 1. The Labute approximate surface area is 149 Å². The molecule has 0 saturated carbocycles. The third kappa shape index (κ3) is 4.59. The van der Waals surface area contributed by atoms with Crippen LogP contribution in [0.25, 0.3) is 0 Å². The van der Waals surface area contributed by atoms with Crippen molar-refractivity contribution in [1.82, 2.24) is 9.97 Å². The van der Waals surface area contributed by atoms with Gasteiger partial charge in [0, 0.05) is 11.8 Å². The van der Waals surface area contributed by atoms with Crippen molar-refractivity contribution in [2.45, 2.75) is 11.8 Å². The van der Waals surface area contributed by atoms with Crippen molar-refractivity contribution in [1.29, 1.82) is 0 Å². The fourth-order valence-corrected chi connectivity index (χ4v) is 3.86. The van der Waals surface area contributed by atoms with E-state index in [9.17, 15) is 8.42 Å². The molecule has 128 valence electrons. The summed E-state index contributed by atoms with van der Waals surface area (Å²) >= 11 is 7.05. The van der Waals surface area contributed by atoms with E-state index in [1.54, 1.807) is 31.4 Å². The predicted molar refractivity (Wildman–Crippen MR) is 96.5 cm³/mol. The molecule has 7 nitrogen and oxygen atoms in total. The van der Waals surface area contributed by atoms with Crippen LogP contribution in [0.3, 0.4) is 0 Å². The Kier molecular flexibility index (Phi) is 6.03. The molecule has 0 saturated heterocycles. The minimum Gasteiger partial charge on any atom is -0.481 e. The standard InChI is InChI=1S/C14H15ClN4O3S2/c1-9-8-12(22-2)17-13(16-9)18-14(23-3)19-24(20,21)11-7-5-4-6-10(11)15/h4-8H,1-3H3,(H,16,17,18,19). The smallest absolute Gasteiger partial charge is 0.286 e. The van der Waals surface area contributed by atoms with Gasteiger partial charge in [0.15, 0.2) is 5.17 Å². The Balaban J connectivity index is 2.36. The third-order valence-corrected chi connectivity index (χ3v) is 5.24. The van der Waals surface area contributed by atoms with Gasteiger partial charge in [0.05, 0.1) is 12.1 Å². The van der Waals surface area contributed by atoms with Gasteiger partial charge in [-0.1, -0.05) is 35.5 Å². The largest absolute Gasteiger partial charge is 0.481 e. The van der Waals surface area contributed by atoms with Crippen LogP contribution < -0.4 is 10.1 Å².